The van der Waals surface area contributed by atoms with Gasteiger partial charge in [-0.25, -0.2) is 0 Å². The Hall–Kier alpha value is -3.30. The fraction of sp³-hybridized carbons (Fsp3) is 0.207. The van der Waals surface area contributed by atoms with E-state index in [4.69, 9.17) is 16.0 Å². The molecule has 1 aromatic heterocycles. The highest BCUT2D eigenvalue weighted by Gasteiger charge is 2.41. The van der Waals surface area contributed by atoms with Crippen LogP contribution in [0.25, 0.3) is 27.7 Å². The van der Waals surface area contributed by atoms with Crippen molar-refractivity contribution in [3.05, 3.63) is 94.7 Å². The Morgan fingerprint density at radius 3 is 2.58 bits per heavy atom. The highest BCUT2D eigenvalue weighted by Crippen LogP contribution is 2.52. The molecule has 0 amide bonds. The number of fused-ring (bicyclic) bond motifs is 4. The first-order chi connectivity index (χ1) is 15.9. The number of carbonyl (C=O) groups excluding carboxylic acids is 1. The van der Waals surface area contributed by atoms with Crippen molar-refractivity contribution in [2.75, 3.05) is 5.32 Å². The summed E-state index contributed by atoms with van der Waals surface area (Å²) in [7, 11) is 0. The van der Waals surface area contributed by atoms with Gasteiger partial charge < -0.3 is 9.73 Å². The molecule has 4 heteroatoms. The van der Waals surface area contributed by atoms with E-state index in [1.54, 1.807) is 0 Å². The van der Waals surface area contributed by atoms with Crippen molar-refractivity contribution in [2.24, 2.45) is 5.41 Å². The number of rotatable bonds is 2. The van der Waals surface area contributed by atoms with Gasteiger partial charge in [0.25, 0.3) is 0 Å². The van der Waals surface area contributed by atoms with Crippen LogP contribution in [0.1, 0.15) is 44.1 Å². The lowest BCUT2D eigenvalue weighted by Gasteiger charge is -2.39. The van der Waals surface area contributed by atoms with Crippen LogP contribution < -0.4 is 5.32 Å². The van der Waals surface area contributed by atoms with Crippen LogP contribution in [-0.4, -0.2) is 5.78 Å². The molecule has 0 unspecified atom stereocenters. The minimum atomic E-state index is -0.325. The van der Waals surface area contributed by atoms with Crippen LogP contribution in [0.4, 0.5) is 5.69 Å². The van der Waals surface area contributed by atoms with Crippen molar-refractivity contribution in [2.45, 2.75) is 32.7 Å². The second-order valence-electron chi connectivity index (χ2n) is 9.80. The van der Waals surface area contributed by atoms with Crippen LogP contribution in [0.5, 0.6) is 0 Å². The zero-order valence-electron chi connectivity index (χ0n) is 18.6. The molecule has 2 heterocycles. The van der Waals surface area contributed by atoms with E-state index in [1.807, 2.05) is 36.4 Å². The molecule has 1 aliphatic heterocycles. The number of ketones is 1. The lowest BCUT2D eigenvalue weighted by Crippen LogP contribution is -2.33. The quantitative estimate of drug-likeness (QED) is 0.333. The maximum atomic E-state index is 13.5. The molecule has 0 bridgehead atoms. The number of nitrogens with one attached hydrogen (secondary N) is 1. The number of furan rings is 1. The molecule has 0 saturated heterocycles. The van der Waals surface area contributed by atoms with Gasteiger partial charge in [-0.2, -0.15) is 0 Å². The molecule has 1 atom stereocenters. The van der Waals surface area contributed by atoms with E-state index in [0.29, 0.717) is 17.2 Å². The summed E-state index contributed by atoms with van der Waals surface area (Å²) in [4.78, 5) is 13.5. The number of anilines is 1. The van der Waals surface area contributed by atoms with Crippen LogP contribution in [0, 0.1) is 5.41 Å². The maximum Gasteiger partial charge on any atom is 0.162 e. The Morgan fingerprint density at radius 1 is 0.939 bits per heavy atom. The summed E-state index contributed by atoms with van der Waals surface area (Å²) < 4.78 is 6.31. The first-order valence-corrected chi connectivity index (χ1v) is 11.7. The Balaban J connectivity index is 1.54. The minimum Gasteiger partial charge on any atom is -0.458 e. The zero-order chi connectivity index (χ0) is 22.7. The van der Waals surface area contributed by atoms with E-state index in [-0.39, 0.29) is 17.2 Å². The highest BCUT2D eigenvalue weighted by molar-refractivity contribution is 6.33. The molecule has 0 radical (unpaired) electrons. The molecule has 1 aliphatic carbocycles. The molecule has 3 nitrogen and oxygen atoms in total. The van der Waals surface area contributed by atoms with Crippen molar-refractivity contribution < 1.29 is 9.21 Å². The molecule has 4 aromatic rings. The number of hydrogen-bond donors (Lipinski definition) is 1. The SMILES string of the molecule is CC1(C)CC(=O)C2=C(C1)c1c(ccc3ccccc13)N[C@H]2c1ccc(-c2ccccc2Cl)o1. The maximum absolute atomic E-state index is 13.5. The number of halogens is 1. The summed E-state index contributed by atoms with van der Waals surface area (Å²) in [6.07, 6.45) is 1.38. The molecule has 164 valence electrons. The summed E-state index contributed by atoms with van der Waals surface area (Å²) in [5.74, 6) is 1.62. The van der Waals surface area contributed by atoms with Crippen molar-refractivity contribution in [1.29, 1.82) is 0 Å². The fourth-order valence-corrected chi connectivity index (χ4v) is 5.59. The van der Waals surface area contributed by atoms with E-state index in [2.05, 4.69) is 55.6 Å². The van der Waals surface area contributed by atoms with Gasteiger partial charge in [-0.3, -0.25) is 4.79 Å². The Morgan fingerprint density at radius 2 is 1.73 bits per heavy atom. The first kappa shape index (κ1) is 20.3. The number of hydrogen-bond acceptors (Lipinski definition) is 3. The van der Waals surface area contributed by atoms with Crippen LogP contribution in [-0.2, 0) is 4.79 Å². The highest BCUT2D eigenvalue weighted by atomic mass is 35.5. The van der Waals surface area contributed by atoms with Crippen LogP contribution in [0.3, 0.4) is 0 Å². The van der Waals surface area contributed by atoms with E-state index < -0.39 is 0 Å². The van der Waals surface area contributed by atoms with Crippen LogP contribution >= 0.6 is 11.6 Å². The number of allylic oxidation sites excluding steroid dienone is 1. The van der Waals surface area contributed by atoms with E-state index in [9.17, 15) is 4.79 Å². The topological polar surface area (TPSA) is 42.2 Å². The monoisotopic (exact) mass is 453 g/mol. The van der Waals surface area contributed by atoms with Gasteiger partial charge in [0, 0.05) is 28.8 Å². The Bertz CT molecular complexity index is 1460. The summed E-state index contributed by atoms with van der Waals surface area (Å²) >= 11 is 6.40. The first-order valence-electron chi connectivity index (χ1n) is 11.3. The third-order valence-electron chi connectivity index (χ3n) is 6.79. The second-order valence-corrected chi connectivity index (χ2v) is 10.2. The van der Waals surface area contributed by atoms with Gasteiger partial charge in [0.2, 0.25) is 0 Å². The Kier molecular flexibility index (Phi) is 4.53. The molecule has 3 aromatic carbocycles. The molecule has 33 heavy (non-hydrogen) atoms. The van der Waals surface area contributed by atoms with Crippen molar-refractivity contribution in [3.63, 3.8) is 0 Å². The van der Waals surface area contributed by atoms with Gasteiger partial charge in [0.05, 0.1) is 5.02 Å². The summed E-state index contributed by atoms with van der Waals surface area (Å²) in [5.41, 5.74) is 4.92. The Labute approximate surface area is 198 Å². The zero-order valence-corrected chi connectivity index (χ0v) is 19.4. The third-order valence-corrected chi connectivity index (χ3v) is 7.12. The third kappa shape index (κ3) is 3.30. The number of carbonyl (C=O) groups is 1. The molecule has 0 fully saturated rings. The lowest BCUT2D eigenvalue weighted by atomic mass is 9.68. The van der Waals surface area contributed by atoms with Gasteiger partial charge in [-0.1, -0.05) is 67.9 Å². The molecular weight excluding hydrogens is 430 g/mol. The van der Waals surface area contributed by atoms with Gasteiger partial charge >= 0.3 is 0 Å². The van der Waals surface area contributed by atoms with Gasteiger partial charge in [0.15, 0.2) is 5.78 Å². The molecular formula is C29H24ClNO2. The van der Waals surface area contributed by atoms with Crippen LogP contribution in [0.15, 0.2) is 82.8 Å². The van der Waals surface area contributed by atoms with Crippen molar-refractivity contribution in [1.82, 2.24) is 0 Å². The summed E-state index contributed by atoms with van der Waals surface area (Å²) in [5, 5.41) is 6.63. The molecule has 0 spiro atoms. The van der Waals surface area contributed by atoms with E-state index in [1.165, 1.54) is 10.8 Å². The van der Waals surface area contributed by atoms with E-state index in [0.717, 1.165) is 40.1 Å². The van der Waals surface area contributed by atoms with Gasteiger partial charge in [-0.15, -0.1) is 0 Å². The van der Waals surface area contributed by atoms with E-state index >= 15 is 0 Å². The predicted molar refractivity (Wildman–Crippen MR) is 134 cm³/mol. The molecule has 0 saturated carbocycles. The summed E-state index contributed by atoms with van der Waals surface area (Å²) in [6, 6.07) is 23.9. The smallest absolute Gasteiger partial charge is 0.162 e. The number of benzene rings is 3. The van der Waals surface area contributed by atoms with Gasteiger partial charge in [0.1, 0.15) is 17.6 Å². The fourth-order valence-electron chi connectivity index (χ4n) is 5.36. The lowest BCUT2D eigenvalue weighted by molar-refractivity contribution is -0.118. The number of Topliss-reactive ketones (excluding diaryl/α,β-unsaturated/α-hetero) is 1. The second kappa shape index (κ2) is 7.36. The van der Waals surface area contributed by atoms with Crippen molar-refractivity contribution in [3.8, 4) is 11.3 Å². The predicted octanol–water partition coefficient (Wildman–Crippen LogP) is 8.06. The normalized spacial score (nSPS) is 19.2. The average molecular weight is 454 g/mol. The molecule has 2 aliphatic rings. The summed E-state index contributed by atoms with van der Waals surface area (Å²) in [6.45, 7) is 4.36. The minimum absolute atomic E-state index is 0.0854. The largest absolute Gasteiger partial charge is 0.458 e. The molecule has 6 rings (SSSR count). The molecule has 1 N–H and O–H groups in total. The average Bonchev–Trinajstić information content (AvgIpc) is 3.27. The standard InChI is InChI=1S/C29H24ClNO2/c1-29(2)15-20-26-18-8-4-3-7-17(18)11-12-22(26)31-28(27(20)23(32)16-29)25-14-13-24(33-25)19-9-5-6-10-21(19)30/h3-14,28,31H,15-16H2,1-2H3/t28-/m0/s1. The van der Waals surface area contributed by atoms with Crippen molar-refractivity contribution >= 4 is 39.4 Å². The van der Waals surface area contributed by atoms with Crippen LogP contribution in [0.2, 0.25) is 5.02 Å². The van der Waals surface area contributed by atoms with Gasteiger partial charge in [-0.05, 0) is 58.5 Å².